The number of carbonyl (C=O) groups excluding carboxylic acids is 1. The number of carbonyl (C=O) groups is 1. The molecular formula is C19H20N4O2S. The number of hydrogen-bond donors (Lipinski definition) is 1. The summed E-state index contributed by atoms with van der Waals surface area (Å²) in [7, 11) is 0. The van der Waals surface area contributed by atoms with Crippen molar-refractivity contribution in [1.29, 1.82) is 0 Å². The number of nitrogens with zero attached hydrogens (tertiary/aromatic N) is 3. The molecule has 3 aromatic rings. The van der Waals surface area contributed by atoms with Crippen LogP contribution in [0.2, 0.25) is 0 Å². The van der Waals surface area contributed by atoms with Crippen LogP contribution in [0.5, 0.6) is 0 Å². The van der Waals surface area contributed by atoms with E-state index >= 15 is 0 Å². The summed E-state index contributed by atoms with van der Waals surface area (Å²) >= 11 is 1.47. The van der Waals surface area contributed by atoms with Gasteiger partial charge in [-0.3, -0.25) is 9.78 Å². The van der Waals surface area contributed by atoms with Crippen LogP contribution in [-0.4, -0.2) is 27.4 Å². The van der Waals surface area contributed by atoms with Crippen molar-refractivity contribution in [3.63, 3.8) is 0 Å². The molecule has 3 rings (SSSR count). The van der Waals surface area contributed by atoms with Crippen molar-refractivity contribution >= 4 is 17.7 Å². The third-order valence-corrected chi connectivity index (χ3v) is 4.54. The Kier molecular flexibility index (Phi) is 6.78. The third-order valence-electron chi connectivity index (χ3n) is 3.64. The summed E-state index contributed by atoms with van der Waals surface area (Å²) in [5.41, 5.74) is 1.08. The molecule has 3 aromatic heterocycles. The van der Waals surface area contributed by atoms with E-state index in [0.29, 0.717) is 23.2 Å². The smallest absolute Gasteiger partial charge is 0.286 e. The fraction of sp³-hybridized carbons (Fsp3) is 0.263. The molecule has 0 aliphatic carbocycles. The molecule has 0 radical (unpaired) electrons. The van der Waals surface area contributed by atoms with E-state index in [9.17, 15) is 4.79 Å². The number of hydrogen-bond acceptors (Lipinski definition) is 6. The molecule has 0 spiro atoms. The predicted octanol–water partition coefficient (Wildman–Crippen LogP) is 3.51. The molecule has 0 aliphatic rings. The summed E-state index contributed by atoms with van der Waals surface area (Å²) in [6.07, 6.45) is 7.99. The molecule has 7 heteroatoms. The van der Waals surface area contributed by atoms with Gasteiger partial charge < -0.3 is 9.73 Å². The zero-order chi connectivity index (χ0) is 18.0. The molecule has 26 heavy (non-hydrogen) atoms. The number of aryl methyl sites for hydroxylation is 1. The molecule has 0 aliphatic heterocycles. The fourth-order valence-corrected chi connectivity index (χ4v) is 3.04. The second kappa shape index (κ2) is 9.72. The molecule has 6 nitrogen and oxygen atoms in total. The van der Waals surface area contributed by atoms with Gasteiger partial charge in [0.1, 0.15) is 5.76 Å². The number of aromatic nitrogens is 3. The van der Waals surface area contributed by atoms with Gasteiger partial charge in [-0.05, 0) is 49.6 Å². The van der Waals surface area contributed by atoms with Gasteiger partial charge in [0, 0.05) is 30.8 Å². The number of unbranched alkanes of at least 4 members (excludes halogenated alkanes) is 1. The van der Waals surface area contributed by atoms with E-state index in [-0.39, 0.29) is 5.91 Å². The summed E-state index contributed by atoms with van der Waals surface area (Å²) in [4.78, 5) is 24.7. The van der Waals surface area contributed by atoms with Crippen LogP contribution in [0.3, 0.4) is 0 Å². The highest BCUT2D eigenvalue weighted by molar-refractivity contribution is 7.98. The molecule has 0 saturated heterocycles. The molecule has 0 unspecified atom stereocenters. The summed E-state index contributed by atoms with van der Waals surface area (Å²) in [6, 6.07) is 11.2. The van der Waals surface area contributed by atoms with Crippen molar-refractivity contribution < 1.29 is 9.21 Å². The molecular weight excluding hydrogens is 348 g/mol. The first-order valence-electron chi connectivity index (χ1n) is 8.48. The Morgan fingerprint density at radius 3 is 2.65 bits per heavy atom. The summed E-state index contributed by atoms with van der Waals surface area (Å²) < 4.78 is 5.60. The van der Waals surface area contributed by atoms with Gasteiger partial charge >= 0.3 is 0 Å². The van der Waals surface area contributed by atoms with Crippen molar-refractivity contribution in [2.45, 2.75) is 30.2 Å². The molecule has 0 fully saturated rings. The summed E-state index contributed by atoms with van der Waals surface area (Å²) in [5, 5.41) is 3.57. The third kappa shape index (κ3) is 5.70. The standard InChI is InChI=1S/C19H20N4O2S/c24-18(21-11-4-2-7-15-6-1-3-10-20-15)17-9-8-16(25-17)14-26-19-22-12-5-13-23-19/h1,3,5-6,8-10,12-13H,2,4,7,11,14H2,(H,21,24). The molecule has 1 amide bonds. The number of pyridine rings is 1. The van der Waals surface area contributed by atoms with Crippen molar-refractivity contribution in [3.8, 4) is 0 Å². The Labute approximate surface area is 156 Å². The molecule has 0 saturated carbocycles. The zero-order valence-electron chi connectivity index (χ0n) is 14.3. The van der Waals surface area contributed by atoms with Gasteiger partial charge in [0.05, 0.1) is 5.75 Å². The highest BCUT2D eigenvalue weighted by atomic mass is 32.2. The first kappa shape index (κ1) is 18.1. The number of rotatable bonds is 9. The predicted molar refractivity (Wildman–Crippen MR) is 99.8 cm³/mol. The number of furan rings is 1. The van der Waals surface area contributed by atoms with Gasteiger partial charge in [-0.1, -0.05) is 17.8 Å². The van der Waals surface area contributed by atoms with E-state index in [4.69, 9.17) is 4.42 Å². The monoisotopic (exact) mass is 368 g/mol. The average molecular weight is 368 g/mol. The van der Waals surface area contributed by atoms with E-state index < -0.39 is 0 Å². The normalized spacial score (nSPS) is 10.6. The van der Waals surface area contributed by atoms with Crippen LogP contribution < -0.4 is 5.32 Å². The minimum Gasteiger partial charge on any atom is -0.455 e. The lowest BCUT2D eigenvalue weighted by molar-refractivity contribution is 0.0924. The van der Waals surface area contributed by atoms with Gasteiger partial charge in [-0.2, -0.15) is 0 Å². The number of nitrogens with one attached hydrogen (secondary N) is 1. The Bertz CT molecular complexity index is 809. The van der Waals surface area contributed by atoms with Gasteiger partial charge in [0.2, 0.25) is 0 Å². The maximum Gasteiger partial charge on any atom is 0.286 e. The van der Waals surface area contributed by atoms with Gasteiger partial charge in [-0.25, -0.2) is 9.97 Å². The van der Waals surface area contributed by atoms with Crippen molar-refractivity contribution in [1.82, 2.24) is 20.3 Å². The van der Waals surface area contributed by atoms with Gasteiger partial charge in [0.25, 0.3) is 5.91 Å². The van der Waals surface area contributed by atoms with E-state index in [2.05, 4.69) is 20.3 Å². The highest BCUT2D eigenvalue weighted by Gasteiger charge is 2.11. The van der Waals surface area contributed by atoms with E-state index in [0.717, 1.165) is 30.7 Å². The highest BCUT2D eigenvalue weighted by Crippen LogP contribution is 2.20. The van der Waals surface area contributed by atoms with Crippen LogP contribution in [0.25, 0.3) is 0 Å². The van der Waals surface area contributed by atoms with Crippen molar-refractivity contribution in [3.05, 3.63) is 72.2 Å². The average Bonchev–Trinajstić information content (AvgIpc) is 3.17. The van der Waals surface area contributed by atoms with Crippen LogP contribution in [-0.2, 0) is 12.2 Å². The van der Waals surface area contributed by atoms with E-state index in [1.807, 2.05) is 24.3 Å². The largest absolute Gasteiger partial charge is 0.455 e. The SMILES string of the molecule is O=C(NCCCCc1ccccn1)c1ccc(CSc2ncccn2)o1. The van der Waals surface area contributed by atoms with Gasteiger partial charge in [-0.15, -0.1) is 0 Å². The lowest BCUT2D eigenvalue weighted by atomic mass is 10.2. The van der Waals surface area contributed by atoms with Crippen LogP contribution >= 0.6 is 11.8 Å². The molecule has 1 N–H and O–H groups in total. The first-order valence-corrected chi connectivity index (χ1v) is 9.46. The Morgan fingerprint density at radius 2 is 1.85 bits per heavy atom. The Morgan fingerprint density at radius 1 is 1.00 bits per heavy atom. The second-order valence-electron chi connectivity index (χ2n) is 5.62. The topological polar surface area (TPSA) is 80.9 Å². The minimum atomic E-state index is -0.185. The molecule has 0 bridgehead atoms. The molecule has 0 aromatic carbocycles. The van der Waals surface area contributed by atoms with Crippen LogP contribution in [0.4, 0.5) is 0 Å². The van der Waals surface area contributed by atoms with Gasteiger partial charge in [0.15, 0.2) is 10.9 Å². The van der Waals surface area contributed by atoms with E-state index in [1.165, 1.54) is 11.8 Å². The lowest BCUT2D eigenvalue weighted by Crippen LogP contribution is -2.24. The Hall–Kier alpha value is -2.67. The number of thioether (sulfide) groups is 1. The van der Waals surface area contributed by atoms with Crippen molar-refractivity contribution in [2.24, 2.45) is 0 Å². The molecule has 134 valence electrons. The Balaban J connectivity index is 1.36. The van der Waals surface area contributed by atoms with E-state index in [1.54, 1.807) is 30.7 Å². The zero-order valence-corrected chi connectivity index (χ0v) is 15.1. The van der Waals surface area contributed by atoms with Crippen LogP contribution in [0.1, 0.15) is 34.9 Å². The minimum absolute atomic E-state index is 0.185. The lowest BCUT2D eigenvalue weighted by Gasteiger charge is -2.03. The maximum absolute atomic E-state index is 12.1. The summed E-state index contributed by atoms with van der Waals surface area (Å²) in [5.74, 6) is 1.46. The van der Waals surface area contributed by atoms with Crippen LogP contribution in [0.15, 0.2) is 64.6 Å². The first-order chi connectivity index (χ1) is 12.8. The fourth-order valence-electron chi connectivity index (χ4n) is 2.34. The molecule has 3 heterocycles. The number of amides is 1. The van der Waals surface area contributed by atoms with Crippen LogP contribution in [0, 0.1) is 0 Å². The van der Waals surface area contributed by atoms with Crippen molar-refractivity contribution in [2.75, 3.05) is 6.54 Å². The molecule has 0 atom stereocenters. The maximum atomic E-state index is 12.1. The second-order valence-corrected chi connectivity index (χ2v) is 6.56. The quantitative estimate of drug-likeness (QED) is 0.354. The summed E-state index contributed by atoms with van der Waals surface area (Å²) in [6.45, 7) is 0.619.